The highest BCUT2D eigenvalue weighted by Gasteiger charge is 2.10. The van der Waals surface area contributed by atoms with E-state index in [1.54, 1.807) is 74.0 Å². The Morgan fingerprint density at radius 2 is 1.62 bits per heavy atom. The summed E-state index contributed by atoms with van der Waals surface area (Å²) in [6.07, 6.45) is 3.10. The summed E-state index contributed by atoms with van der Waals surface area (Å²) in [5.41, 5.74) is 1.49. The van der Waals surface area contributed by atoms with Crippen molar-refractivity contribution in [1.29, 1.82) is 0 Å². The number of ether oxygens (including phenoxy) is 2. The topological polar surface area (TPSA) is 119 Å². The van der Waals surface area contributed by atoms with Crippen LogP contribution in [0.4, 0.5) is 11.4 Å². The molecule has 0 saturated carbocycles. The average Bonchev–Trinajstić information content (AvgIpc) is 2.82. The van der Waals surface area contributed by atoms with Gasteiger partial charge < -0.3 is 25.4 Å². The van der Waals surface area contributed by atoms with E-state index in [4.69, 9.17) is 9.47 Å². The molecule has 0 bridgehead atoms. The SMILES string of the molecule is COc1cccc(NC(=O)COc2ccc(C(=O)NCC(=O)Nc3cccnc3)cc2)c1. The molecule has 0 fully saturated rings. The molecule has 0 atom stereocenters. The predicted octanol–water partition coefficient (Wildman–Crippen LogP) is 2.48. The summed E-state index contributed by atoms with van der Waals surface area (Å²) in [5.74, 6) is -0.0505. The Balaban J connectivity index is 1.43. The lowest BCUT2D eigenvalue weighted by molar-refractivity contribution is -0.118. The van der Waals surface area contributed by atoms with Gasteiger partial charge in [-0.05, 0) is 48.5 Å². The fraction of sp³-hybridized carbons (Fsp3) is 0.130. The molecule has 3 N–H and O–H groups in total. The highest BCUT2D eigenvalue weighted by molar-refractivity contribution is 5.99. The molecule has 1 heterocycles. The molecule has 0 aliphatic heterocycles. The number of pyridine rings is 1. The van der Waals surface area contributed by atoms with Gasteiger partial charge in [0.1, 0.15) is 11.5 Å². The molecular formula is C23H22N4O5. The number of nitrogens with one attached hydrogen (secondary N) is 3. The van der Waals surface area contributed by atoms with Crippen molar-refractivity contribution >= 4 is 29.1 Å². The zero-order valence-corrected chi connectivity index (χ0v) is 17.3. The van der Waals surface area contributed by atoms with Crippen LogP contribution in [0.1, 0.15) is 10.4 Å². The number of carbonyl (C=O) groups excluding carboxylic acids is 3. The Labute approximate surface area is 184 Å². The van der Waals surface area contributed by atoms with Crippen molar-refractivity contribution < 1.29 is 23.9 Å². The molecule has 0 aliphatic rings. The molecule has 0 unspecified atom stereocenters. The van der Waals surface area contributed by atoms with Gasteiger partial charge in [0, 0.05) is 23.5 Å². The molecule has 0 saturated heterocycles. The quantitative estimate of drug-likeness (QED) is 0.476. The van der Waals surface area contributed by atoms with Crippen molar-refractivity contribution in [2.45, 2.75) is 0 Å². The first kappa shape index (κ1) is 22.3. The van der Waals surface area contributed by atoms with Gasteiger partial charge in [-0.2, -0.15) is 0 Å². The van der Waals surface area contributed by atoms with Crippen LogP contribution >= 0.6 is 0 Å². The lowest BCUT2D eigenvalue weighted by Crippen LogP contribution is -2.32. The number of anilines is 2. The first-order chi connectivity index (χ1) is 15.5. The number of aromatic nitrogens is 1. The number of carbonyl (C=O) groups is 3. The second-order valence-electron chi connectivity index (χ2n) is 6.57. The number of rotatable bonds is 9. The summed E-state index contributed by atoms with van der Waals surface area (Å²) >= 11 is 0. The first-order valence-corrected chi connectivity index (χ1v) is 9.68. The van der Waals surface area contributed by atoms with Crippen molar-refractivity contribution in [2.75, 3.05) is 30.9 Å². The van der Waals surface area contributed by atoms with E-state index in [-0.39, 0.29) is 25.0 Å². The van der Waals surface area contributed by atoms with Crippen molar-refractivity contribution in [3.63, 3.8) is 0 Å². The van der Waals surface area contributed by atoms with Crippen molar-refractivity contribution in [2.24, 2.45) is 0 Å². The second kappa shape index (κ2) is 11.1. The molecule has 0 aliphatic carbocycles. The predicted molar refractivity (Wildman–Crippen MR) is 119 cm³/mol. The molecule has 2 aromatic carbocycles. The Hall–Kier alpha value is -4.40. The molecule has 164 valence electrons. The molecule has 9 nitrogen and oxygen atoms in total. The van der Waals surface area contributed by atoms with E-state index >= 15 is 0 Å². The van der Waals surface area contributed by atoms with E-state index in [0.29, 0.717) is 28.4 Å². The van der Waals surface area contributed by atoms with Gasteiger partial charge in [-0.25, -0.2) is 0 Å². The smallest absolute Gasteiger partial charge is 0.262 e. The average molecular weight is 434 g/mol. The molecule has 0 radical (unpaired) electrons. The molecule has 32 heavy (non-hydrogen) atoms. The van der Waals surface area contributed by atoms with Crippen LogP contribution in [0.25, 0.3) is 0 Å². The van der Waals surface area contributed by atoms with E-state index < -0.39 is 5.91 Å². The van der Waals surface area contributed by atoms with Crippen LogP contribution in [0.3, 0.4) is 0 Å². The summed E-state index contributed by atoms with van der Waals surface area (Å²) in [7, 11) is 1.55. The summed E-state index contributed by atoms with van der Waals surface area (Å²) in [6.45, 7) is -0.381. The third-order valence-corrected chi connectivity index (χ3v) is 4.19. The Morgan fingerprint density at radius 3 is 2.34 bits per heavy atom. The maximum atomic E-state index is 12.2. The van der Waals surface area contributed by atoms with E-state index in [1.165, 1.54) is 6.20 Å². The van der Waals surface area contributed by atoms with Crippen LogP contribution in [0.15, 0.2) is 73.1 Å². The van der Waals surface area contributed by atoms with Gasteiger partial charge in [-0.3, -0.25) is 19.4 Å². The monoisotopic (exact) mass is 434 g/mol. The van der Waals surface area contributed by atoms with Crippen LogP contribution in [0.2, 0.25) is 0 Å². The molecule has 1 aromatic heterocycles. The van der Waals surface area contributed by atoms with E-state index in [9.17, 15) is 14.4 Å². The van der Waals surface area contributed by atoms with Crippen molar-refractivity contribution in [1.82, 2.24) is 10.3 Å². The fourth-order valence-corrected chi connectivity index (χ4v) is 2.65. The minimum atomic E-state index is -0.409. The Bertz CT molecular complexity index is 1070. The highest BCUT2D eigenvalue weighted by Crippen LogP contribution is 2.17. The zero-order chi connectivity index (χ0) is 22.8. The number of amides is 3. The highest BCUT2D eigenvalue weighted by atomic mass is 16.5. The normalized spacial score (nSPS) is 10.0. The van der Waals surface area contributed by atoms with Gasteiger partial charge >= 0.3 is 0 Å². The lowest BCUT2D eigenvalue weighted by Gasteiger charge is -2.09. The number of nitrogens with zero attached hydrogens (tertiary/aromatic N) is 1. The first-order valence-electron chi connectivity index (χ1n) is 9.68. The number of methoxy groups -OCH3 is 1. The van der Waals surface area contributed by atoms with Gasteiger partial charge in [-0.1, -0.05) is 6.07 Å². The van der Waals surface area contributed by atoms with Crippen LogP contribution in [-0.2, 0) is 9.59 Å². The minimum Gasteiger partial charge on any atom is -0.497 e. The van der Waals surface area contributed by atoms with E-state index in [0.717, 1.165) is 0 Å². The Kier molecular flexibility index (Phi) is 7.74. The van der Waals surface area contributed by atoms with Gasteiger partial charge in [-0.15, -0.1) is 0 Å². The summed E-state index contributed by atoms with van der Waals surface area (Å²) in [5, 5.41) is 7.88. The van der Waals surface area contributed by atoms with Gasteiger partial charge in [0.2, 0.25) is 5.91 Å². The molecular weight excluding hydrogens is 412 g/mol. The molecule has 0 spiro atoms. The molecule has 3 amide bonds. The van der Waals surface area contributed by atoms with Gasteiger partial charge in [0.25, 0.3) is 11.8 Å². The Morgan fingerprint density at radius 1 is 0.875 bits per heavy atom. The fourth-order valence-electron chi connectivity index (χ4n) is 2.65. The zero-order valence-electron chi connectivity index (χ0n) is 17.3. The molecule has 9 heteroatoms. The summed E-state index contributed by atoms with van der Waals surface area (Å²) in [4.78, 5) is 40.1. The van der Waals surface area contributed by atoms with Crippen LogP contribution < -0.4 is 25.4 Å². The lowest BCUT2D eigenvalue weighted by atomic mass is 10.2. The maximum absolute atomic E-state index is 12.2. The third-order valence-electron chi connectivity index (χ3n) is 4.19. The van der Waals surface area contributed by atoms with Crippen LogP contribution in [0, 0.1) is 0 Å². The van der Waals surface area contributed by atoms with Crippen LogP contribution in [-0.4, -0.2) is 43.0 Å². The maximum Gasteiger partial charge on any atom is 0.262 e. The van der Waals surface area contributed by atoms with E-state index in [1.807, 2.05) is 0 Å². The minimum absolute atomic E-state index is 0.184. The third kappa shape index (κ3) is 6.84. The van der Waals surface area contributed by atoms with Crippen LogP contribution in [0.5, 0.6) is 11.5 Å². The van der Waals surface area contributed by atoms with Crippen molar-refractivity contribution in [3.05, 3.63) is 78.6 Å². The van der Waals surface area contributed by atoms with E-state index in [2.05, 4.69) is 20.9 Å². The van der Waals surface area contributed by atoms with Gasteiger partial charge in [0.15, 0.2) is 6.61 Å². The second-order valence-corrected chi connectivity index (χ2v) is 6.57. The largest absolute Gasteiger partial charge is 0.497 e. The van der Waals surface area contributed by atoms with Gasteiger partial charge in [0.05, 0.1) is 25.5 Å². The van der Waals surface area contributed by atoms with Crippen molar-refractivity contribution in [3.8, 4) is 11.5 Å². The standard InChI is InChI=1S/C23H22N4O5/c1-31-20-6-2-4-17(12-20)26-22(29)15-32-19-9-7-16(8-10-19)23(30)25-14-21(28)27-18-5-3-11-24-13-18/h2-13H,14-15H2,1H3,(H,25,30)(H,26,29)(H,27,28). The summed E-state index contributed by atoms with van der Waals surface area (Å²) < 4.78 is 10.6. The molecule has 3 rings (SSSR count). The molecule has 3 aromatic rings. The number of hydrogen-bond donors (Lipinski definition) is 3. The summed E-state index contributed by atoms with van der Waals surface area (Å²) in [6, 6.07) is 16.6. The number of benzene rings is 2. The number of hydrogen-bond acceptors (Lipinski definition) is 6.